The molecule has 0 amide bonds. The summed E-state index contributed by atoms with van der Waals surface area (Å²) in [6.07, 6.45) is 5.49. The number of methoxy groups -OCH3 is 1. The van der Waals surface area contributed by atoms with Crippen LogP contribution in [-0.2, 0) is 16.1 Å². The molecule has 2 aromatic heterocycles. The first kappa shape index (κ1) is 24.7. The Morgan fingerprint density at radius 2 is 1.86 bits per heavy atom. The molecule has 0 fully saturated rings. The lowest BCUT2D eigenvalue weighted by molar-refractivity contribution is -0.140. The predicted octanol–water partition coefficient (Wildman–Crippen LogP) is 4.71. The number of carbonyl (C=O) groups is 1. The molecule has 8 heteroatoms. The van der Waals surface area contributed by atoms with Crippen molar-refractivity contribution in [2.24, 2.45) is 4.99 Å². The zero-order valence-corrected chi connectivity index (χ0v) is 21.9. The Hall–Kier alpha value is -4.01. The highest BCUT2D eigenvalue weighted by atomic mass is 32.1. The number of hydrogen-bond acceptors (Lipinski definition) is 7. The van der Waals surface area contributed by atoms with Gasteiger partial charge in [-0.2, -0.15) is 0 Å². The van der Waals surface area contributed by atoms with E-state index in [1.165, 1.54) is 22.7 Å². The van der Waals surface area contributed by atoms with Gasteiger partial charge in [-0.05, 0) is 36.1 Å². The van der Waals surface area contributed by atoms with E-state index in [-0.39, 0.29) is 12.2 Å². The van der Waals surface area contributed by atoms with Crippen molar-refractivity contribution in [2.45, 2.75) is 19.6 Å². The number of hydrogen-bond donors (Lipinski definition) is 0. The quantitative estimate of drug-likeness (QED) is 0.326. The molecule has 0 spiro atoms. The second kappa shape index (κ2) is 10.9. The van der Waals surface area contributed by atoms with Gasteiger partial charge >= 0.3 is 5.97 Å². The Morgan fingerprint density at radius 3 is 2.62 bits per heavy atom. The van der Waals surface area contributed by atoms with Crippen LogP contribution in [-0.4, -0.2) is 17.6 Å². The van der Waals surface area contributed by atoms with Gasteiger partial charge in [0.2, 0.25) is 0 Å². The molecule has 1 atom stereocenters. The van der Waals surface area contributed by atoms with Crippen LogP contribution in [0, 0.1) is 0 Å². The Bertz CT molecular complexity index is 1660. The van der Waals surface area contributed by atoms with E-state index in [2.05, 4.69) is 4.99 Å². The summed E-state index contributed by atoms with van der Waals surface area (Å²) >= 11 is 2.79. The minimum Gasteiger partial charge on any atom is -0.496 e. The topological polar surface area (TPSA) is 69.9 Å². The van der Waals surface area contributed by atoms with Gasteiger partial charge in [0.15, 0.2) is 4.80 Å². The van der Waals surface area contributed by atoms with Crippen molar-refractivity contribution in [1.29, 1.82) is 0 Å². The minimum absolute atomic E-state index is 0.145. The summed E-state index contributed by atoms with van der Waals surface area (Å²) < 4.78 is 13.2. The lowest BCUT2D eigenvalue weighted by atomic mass is 10.0. The van der Waals surface area contributed by atoms with Crippen LogP contribution in [0.2, 0.25) is 0 Å². The van der Waals surface area contributed by atoms with Crippen molar-refractivity contribution in [2.75, 3.05) is 7.11 Å². The molecule has 3 heterocycles. The number of carbonyl (C=O) groups excluding carboxylic acids is 1. The lowest BCUT2D eigenvalue weighted by Gasteiger charge is -2.23. The molecular formula is C29H24N2O4S2. The van der Waals surface area contributed by atoms with Gasteiger partial charge in [-0.15, -0.1) is 11.3 Å². The third-order valence-electron chi connectivity index (χ3n) is 5.93. The van der Waals surface area contributed by atoms with Crippen LogP contribution in [0.3, 0.4) is 0 Å². The van der Waals surface area contributed by atoms with E-state index in [4.69, 9.17) is 9.47 Å². The smallest absolute Gasteiger partial charge is 0.338 e. The highest BCUT2D eigenvalue weighted by Gasteiger charge is 2.34. The van der Waals surface area contributed by atoms with Crippen LogP contribution in [0.1, 0.15) is 29.0 Å². The van der Waals surface area contributed by atoms with Crippen molar-refractivity contribution < 1.29 is 14.3 Å². The molecule has 0 N–H and O–H groups in total. The van der Waals surface area contributed by atoms with Gasteiger partial charge in [-0.3, -0.25) is 9.36 Å². The number of aromatic nitrogens is 1. The molecular weight excluding hydrogens is 504 g/mol. The summed E-state index contributed by atoms with van der Waals surface area (Å²) in [4.78, 5) is 33.0. The molecule has 186 valence electrons. The van der Waals surface area contributed by atoms with Crippen LogP contribution in [0.15, 0.2) is 99.2 Å². The van der Waals surface area contributed by atoms with E-state index < -0.39 is 12.0 Å². The molecule has 0 saturated carbocycles. The van der Waals surface area contributed by atoms with Gasteiger partial charge in [0.1, 0.15) is 18.4 Å². The van der Waals surface area contributed by atoms with E-state index in [0.29, 0.717) is 20.6 Å². The molecule has 4 aromatic rings. The molecule has 0 aliphatic carbocycles. The molecule has 1 unspecified atom stereocenters. The number of rotatable bonds is 7. The number of allylic oxidation sites excluding steroid dienone is 2. The molecule has 6 nitrogen and oxygen atoms in total. The average Bonchev–Trinajstić information content (AvgIpc) is 3.56. The summed E-state index contributed by atoms with van der Waals surface area (Å²) in [6, 6.07) is 20.4. The maximum absolute atomic E-state index is 13.6. The van der Waals surface area contributed by atoms with E-state index in [1.807, 2.05) is 84.3 Å². The Balaban J connectivity index is 1.52. The summed E-state index contributed by atoms with van der Waals surface area (Å²) in [5, 5.41) is 1.93. The van der Waals surface area contributed by atoms with Crippen molar-refractivity contribution in [3.63, 3.8) is 0 Å². The Morgan fingerprint density at radius 1 is 1.08 bits per heavy atom. The van der Waals surface area contributed by atoms with Gasteiger partial charge in [-0.25, -0.2) is 9.79 Å². The van der Waals surface area contributed by atoms with Gasteiger partial charge in [0.05, 0.1) is 22.9 Å². The largest absolute Gasteiger partial charge is 0.496 e. The molecule has 2 aromatic carbocycles. The summed E-state index contributed by atoms with van der Waals surface area (Å²) in [6.45, 7) is 1.93. The molecule has 37 heavy (non-hydrogen) atoms. The van der Waals surface area contributed by atoms with E-state index in [1.54, 1.807) is 24.7 Å². The highest BCUT2D eigenvalue weighted by molar-refractivity contribution is 7.10. The standard InChI is InChI=1S/C29H24N2O4S2/c1-19-25(28(33)35-18-20-10-4-3-5-11-20)26(23-16-9-17-36-23)31-27(32)24(37-29(31)30-19)15-8-13-21-12-6-7-14-22(21)34-2/h3-17,26H,18H2,1-2H3/b13-8-,24-15-. The number of fused-ring (bicyclic) bond motifs is 1. The van der Waals surface area contributed by atoms with Crippen LogP contribution in [0.5, 0.6) is 5.75 Å². The van der Waals surface area contributed by atoms with Crippen LogP contribution in [0.4, 0.5) is 0 Å². The van der Waals surface area contributed by atoms with Crippen LogP contribution < -0.4 is 19.6 Å². The molecule has 1 aliphatic heterocycles. The minimum atomic E-state index is -0.597. The van der Waals surface area contributed by atoms with Gasteiger partial charge in [0.25, 0.3) is 5.56 Å². The van der Waals surface area contributed by atoms with E-state index >= 15 is 0 Å². The lowest BCUT2D eigenvalue weighted by Crippen LogP contribution is -2.39. The maximum atomic E-state index is 13.6. The molecule has 0 radical (unpaired) electrons. The number of nitrogens with zero attached hydrogens (tertiary/aromatic N) is 2. The third-order valence-corrected chi connectivity index (χ3v) is 7.86. The number of thiophene rings is 1. The van der Waals surface area contributed by atoms with Gasteiger partial charge in [-0.1, -0.05) is 78.1 Å². The van der Waals surface area contributed by atoms with Gasteiger partial charge in [0, 0.05) is 10.4 Å². The fraction of sp³-hybridized carbons (Fsp3) is 0.138. The summed E-state index contributed by atoms with van der Waals surface area (Å²) in [5.74, 6) is 0.273. The average molecular weight is 529 g/mol. The Kier molecular flexibility index (Phi) is 7.30. The number of benzene rings is 2. The summed E-state index contributed by atoms with van der Waals surface area (Å²) in [5.41, 5.74) is 2.52. The zero-order valence-electron chi connectivity index (χ0n) is 20.3. The van der Waals surface area contributed by atoms with E-state index in [0.717, 1.165) is 21.8 Å². The van der Waals surface area contributed by atoms with Crippen LogP contribution in [0.25, 0.3) is 12.2 Å². The van der Waals surface area contributed by atoms with Crippen molar-refractivity contribution >= 4 is 40.8 Å². The fourth-order valence-electron chi connectivity index (χ4n) is 4.16. The highest BCUT2D eigenvalue weighted by Crippen LogP contribution is 2.33. The fourth-order valence-corrected chi connectivity index (χ4v) is 5.98. The van der Waals surface area contributed by atoms with Crippen molar-refractivity contribution in [3.05, 3.63) is 125 Å². The summed E-state index contributed by atoms with van der Waals surface area (Å²) in [7, 11) is 1.63. The second-order valence-corrected chi connectivity index (χ2v) is 10.3. The van der Waals surface area contributed by atoms with Crippen molar-refractivity contribution in [3.8, 4) is 5.75 Å². The number of thiazole rings is 1. The maximum Gasteiger partial charge on any atom is 0.338 e. The molecule has 1 aliphatic rings. The Labute approximate surface area is 221 Å². The van der Waals surface area contributed by atoms with Crippen LogP contribution >= 0.6 is 22.7 Å². The number of ether oxygens (including phenoxy) is 2. The first-order valence-electron chi connectivity index (χ1n) is 11.6. The normalized spacial score (nSPS) is 15.5. The third kappa shape index (κ3) is 5.12. The SMILES string of the molecule is COc1ccccc1/C=C\C=c1/sc2n(c1=O)C(c1cccs1)C(C(=O)OCc1ccccc1)=C(C)N=2. The molecule has 0 saturated heterocycles. The zero-order chi connectivity index (χ0) is 25.8. The van der Waals surface area contributed by atoms with Gasteiger partial charge < -0.3 is 9.47 Å². The second-order valence-electron chi connectivity index (χ2n) is 8.28. The monoisotopic (exact) mass is 528 g/mol. The predicted molar refractivity (Wildman–Crippen MR) is 147 cm³/mol. The van der Waals surface area contributed by atoms with Crippen molar-refractivity contribution in [1.82, 2.24) is 4.57 Å². The van der Waals surface area contributed by atoms with E-state index in [9.17, 15) is 9.59 Å². The number of para-hydroxylation sites is 1. The molecule has 0 bridgehead atoms. The first-order valence-corrected chi connectivity index (χ1v) is 13.3. The first-order chi connectivity index (χ1) is 18.1. The number of esters is 1. The molecule has 5 rings (SSSR count).